The van der Waals surface area contributed by atoms with Crippen molar-refractivity contribution in [1.29, 1.82) is 0 Å². The van der Waals surface area contributed by atoms with Gasteiger partial charge in [0.25, 0.3) is 0 Å². The molecule has 0 aliphatic carbocycles. The van der Waals surface area contributed by atoms with Crippen molar-refractivity contribution in [1.82, 2.24) is 0 Å². The van der Waals surface area contributed by atoms with Gasteiger partial charge in [-0.1, -0.05) is 0 Å². The summed E-state index contributed by atoms with van der Waals surface area (Å²) in [5.74, 6) is 0. The summed E-state index contributed by atoms with van der Waals surface area (Å²) in [4.78, 5) is 30.5. The van der Waals surface area contributed by atoms with Crippen LogP contribution < -0.4 is 10.6 Å². The van der Waals surface area contributed by atoms with Gasteiger partial charge in [0.05, 0.1) is 0 Å². The van der Waals surface area contributed by atoms with Crippen LogP contribution in [-0.4, -0.2) is 33.5 Å². The summed E-state index contributed by atoms with van der Waals surface area (Å²) in [6.07, 6.45) is 0. The maximum absolute atomic E-state index is 10.2. The van der Waals surface area contributed by atoms with Crippen LogP contribution in [-0.2, 0) is 0 Å². The van der Waals surface area contributed by atoms with Gasteiger partial charge in [-0.15, -0.1) is 0 Å². The molecule has 86 valence electrons. The fraction of sp³-hybridized carbons (Fsp3) is 0. The normalized spacial score (nSPS) is 13.2. The van der Waals surface area contributed by atoms with Gasteiger partial charge in [0.15, 0.2) is 0 Å². The molecule has 0 amide bonds. The van der Waals surface area contributed by atoms with Crippen molar-refractivity contribution in [3.8, 4) is 0 Å². The molecule has 0 radical (unpaired) electrons. The van der Waals surface area contributed by atoms with Crippen molar-refractivity contribution in [2.75, 3.05) is 0 Å². The molecule has 0 heterocycles. The van der Waals surface area contributed by atoms with Crippen LogP contribution in [0.5, 0.6) is 0 Å². The summed E-state index contributed by atoms with van der Waals surface area (Å²) in [7, 11) is -4.93. The van der Waals surface area contributed by atoms with E-state index in [1.165, 1.54) is 24.3 Å². The van der Waals surface area contributed by atoms with Gasteiger partial charge in [0.2, 0.25) is 0 Å². The van der Waals surface area contributed by atoms with Crippen LogP contribution in [0.4, 0.5) is 0 Å². The van der Waals surface area contributed by atoms with Gasteiger partial charge >= 0.3 is 112 Å². The summed E-state index contributed by atoms with van der Waals surface area (Å²) >= 11 is 0. The van der Waals surface area contributed by atoms with Crippen molar-refractivity contribution >= 4 is 36.8 Å². The van der Waals surface area contributed by atoms with E-state index in [9.17, 15) is 14.7 Å². The maximum atomic E-state index is 10.2. The fourth-order valence-electron chi connectivity index (χ4n) is 1.55. The molecule has 3 nitrogen and oxygen atoms in total. The van der Waals surface area contributed by atoms with Crippen LogP contribution in [0, 0.1) is 0 Å². The van der Waals surface area contributed by atoms with Gasteiger partial charge in [-0.25, -0.2) is 0 Å². The van der Waals surface area contributed by atoms with Crippen molar-refractivity contribution < 1.29 is 14.7 Å². The molecule has 0 saturated heterocycles. The summed E-state index contributed by atoms with van der Waals surface area (Å²) in [5.41, 5.74) is 0. The molecule has 3 N–H and O–H groups in total. The summed E-state index contributed by atoms with van der Waals surface area (Å²) < 4.78 is 0. The standard InChI is InChI=1S/C12H13O3P.Li.H/c13-16(14,15,11-7-3-1-4-8-11)12-9-5-2-6-10-12;;/h1-10,13-15H;;. The molecule has 0 unspecified atom stereocenters. The summed E-state index contributed by atoms with van der Waals surface area (Å²) in [6, 6.07) is 16.1. The number of rotatable bonds is 2. The van der Waals surface area contributed by atoms with Gasteiger partial charge in [-0.2, -0.15) is 0 Å². The van der Waals surface area contributed by atoms with Crippen LogP contribution in [0.25, 0.3) is 0 Å². The van der Waals surface area contributed by atoms with E-state index >= 15 is 0 Å². The monoisotopic (exact) mass is 244 g/mol. The van der Waals surface area contributed by atoms with Crippen LogP contribution >= 0.6 is 7.28 Å². The number of hydrogen-bond acceptors (Lipinski definition) is 3. The first-order chi connectivity index (χ1) is 7.49. The topological polar surface area (TPSA) is 60.7 Å². The van der Waals surface area contributed by atoms with Crippen LogP contribution in [0.1, 0.15) is 0 Å². The summed E-state index contributed by atoms with van der Waals surface area (Å²) in [5, 5.41) is 0.277. The molecule has 2 rings (SSSR count). The quantitative estimate of drug-likeness (QED) is 0.524. The van der Waals surface area contributed by atoms with Gasteiger partial charge in [0.1, 0.15) is 0 Å². The number of benzene rings is 2. The van der Waals surface area contributed by atoms with Crippen molar-refractivity contribution in [2.24, 2.45) is 0 Å². The molecule has 2 aromatic rings. The minimum absolute atomic E-state index is 0. The first-order valence-corrected chi connectivity index (χ1v) is 6.96. The minimum atomic E-state index is -4.93. The van der Waals surface area contributed by atoms with Gasteiger partial charge in [-0.05, 0) is 0 Å². The molecule has 17 heavy (non-hydrogen) atoms. The molecule has 0 bridgehead atoms. The Morgan fingerprint density at radius 1 is 0.588 bits per heavy atom. The molecule has 0 aliphatic heterocycles. The van der Waals surface area contributed by atoms with Gasteiger partial charge in [-0.3, -0.25) is 0 Å². The van der Waals surface area contributed by atoms with E-state index in [1.807, 2.05) is 0 Å². The molecular weight excluding hydrogens is 230 g/mol. The van der Waals surface area contributed by atoms with E-state index in [1.54, 1.807) is 36.4 Å². The third-order valence-electron chi connectivity index (χ3n) is 2.46. The number of hydrogen-bond donors (Lipinski definition) is 3. The van der Waals surface area contributed by atoms with Gasteiger partial charge < -0.3 is 0 Å². The molecule has 0 saturated carbocycles. The van der Waals surface area contributed by atoms with Crippen LogP contribution in [0.15, 0.2) is 60.7 Å². The molecule has 0 fully saturated rings. The van der Waals surface area contributed by atoms with E-state index in [0.717, 1.165) is 0 Å². The Morgan fingerprint density at radius 3 is 1.18 bits per heavy atom. The van der Waals surface area contributed by atoms with E-state index in [2.05, 4.69) is 0 Å². The molecule has 0 spiro atoms. The summed E-state index contributed by atoms with van der Waals surface area (Å²) in [6.45, 7) is 0. The van der Waals surface area contributed by atoms with E-state index in [0.29, 0.717) is 0 Å². The Balaban J connectivity index is 0.00000144. The second kappa shape index (κ2) is 4.92. The predicted molar refractivity (Wildman–Crippen MR) is 72.9 cm³/mol. The second-order valence-electron chi connectivity index (χ2n) is 3.65. The average molecular weight is 244 g/mol. The third-order valence-corrected chi connectivity index (χ3v) is 4.96. The second-order valence-corrected chi connectivity index (χ2v) is 6.64. The SMILES string of the molecule is OP(O)(O)(c1ccccc1)c1ccccc1.[LiH]. The molecule has 5 heteroatoms. The van der Waals surface area contributed by atoms with Crippen LogP contribution in [0.2, 0.25) is 0 Å². The first-order valence-electron chi connectivity index (χ1n) is 4.87. The first kappa shape index (κ1) is 14.4. The van der Waals surface area contributed by atoms with Gasteiger partial charge in [0, 0.05) is 0 Å². The Kier molecular flexibility index (Phi) is 4.17. The van der Waals surface area contributed by atoms with Crippen molar-refractivity contribution in [3.63, 3.8) is 0 Å². The Morgan fingerprint density at radius 2 is 0.882 bits per heavy atom. The Labute approximate surface area is 112 Å². The van der Waals surface area contributed by atoms with E-state index < -0.39 is 7.28 Å². The predicted octanol–water partition coefficient (Wildman–Crippen LogP) is 0.264. The van der Waals surface area contributed by atoms with E-state index in [4.69, 9.17) is 0 Å². The Bertz CT molecular complexity index is 436. The Hall–Kier alpha value is -0.653. The molecule has 0 aromatic heterocycles. The molecule has 0 aliphatic rings. The van der Waals surface area contributed by atoms with Crippen molar-refractivity contribution in [2.45, 2.75) is 0 Å². The zero-order valence-corrected chi connectivity index (χ0v) is 9.46. The molecule has 2 aromatic carbocycles. The molecular formula is C12H14LiO3P. The van der Waals surface area contributed by atoms with Crippen molar-refractivity contribution in [3.05, 3.63) is 60.7 Å². The fourth-order valence-corrected chi connectivity index (χ4v) is 3.29. The zero-order valence-electron chi connectivity index (χ0n) is 8.56. The van der Waals surface area contributed by atoms with E-state index in [-0.39, 0.29) is 29.5 Å². The molecule has 0 atom stereocenters. The average Bonchev–Trinajstić information content (AvgIpc) is 2.31. The van der Waals surface area contributed by atoms with Crippen LogP contribution in [0.3, 0.4) is 0 Å². The third kappa shape index (κ3) is 2.78. The zero-order chi connectivity index (χ0) is 11.7.